The molecule has 0 amide bonds. The average Bonchev–Trinajstić information content (AvgIpc) is 2.81. The summed E-state index contributed by atoms with van der Waals surface area (Å²) in [6, 6.07) is 0.603. The first-order chi connectivity index (χ1) is 8.22. The van der Waals surface area contributed by atoms with Crippen molar-refractivity contribution in [2.45, 2.75) is 57.1 Å². The Morgan fingerprint density at radius 3 is 2.88 bits per heavy atom. The van der Waals surface area contributed by atoms with Crippen LogP contribution in [0.5, 0.6) is 0 Å². The van der Waals surface area contributed by atoms with Gasteiger partial charge in [-0.2, -0.15) is 0 Å². The van der Waals surface area contributed by atoms with Gasteiger partial charge in [-0.05, 0) is 38.6 Å². The van der Waals surface area contributed by atoms with Crippen molar-refractivity contribution in [3.63, 3.8) is 0 Å². The first kappa shape index (κ1) is 13.0. The van der Waals surface area contributed by atoms with E-state index >= 15 is 0 Å². The van der Waals surface area contributed by atoms with E-state index in [1.54, 1.807) is 11.3 Å². The summed E-state index contributed by atoms with van der Waals surface area (Å²) >= 11 is 1.64. The summed E-state index contributed by atoms with van der Waals surface area (Å²) in [6.45, 7) is 3.28. The molecule has 0 spiro atoms. The molecule has 0 atom stereocenters. The van der Waals surface area contributed by atoms with Crippen LogP contribution in [-0.2, 0) is 6.42 Å². The Balaban J connectivity index is 1.80. The highest BCUT2D eigenvalue weighted by Gasteiger charge is 2.33. The van der Waals surface area contributed by atoms with Gasteiger partial charge in [0, 0.05) is 24.0 Å². The maximum absolute atomic E-state index is 10.5. The van der Waals surface area contributed by atoms with Crippen LogP contribution in [-0.4, -0.2) is 28.3 Å². The molecule has 1 aromatic heterocycles. The van der Waals surface area contributed by atoms with Crippen LogP contribution >= 0.6 is 11.3 Å². The Hall–Kier alpha value is -0.450. The van der Waals surface area contributed by atoms with Gasteiger partial charge in [0.15, 0.2) is 0 Å². The molecule has 0 aliphatic heterocycles. The largest absolute Gasteiger partial charge is 0.389 e. The van der Waals surface area contributed by atoms with Gasteiger partial charge in [-0.3, -0.25) is 0 Å². The lowest BCUT2D eigenvalue weighted by Gasteiger charge is -2.36. The summed E-state index contributed by atoms with van der Waals surface area (Å²) in [5.74, 6) is 0. The van der Waals surface area contributed by atoms with E-state index in [2.05, 4.69) is 17.2 Å². The van der Waals surface area contributed by atoms with Crippen molar-refractivity contribution in [2.24, 2.45) is 0 Å². The third-order valence-electron chi connectivity index (χ3n) is 3.56. The standard InChI is InChI=1S/C13H22N2OS/c1-2-7-14-11-3-5-13(16,6-4-11)10-12-15-8-9-17-12/h8-9,11,14,16H,2-7,10H2,1H3. The lowest BCUT2D eigenvalue weighted by Crippen LogP contribution is -2.42. The van der Waals surface area contributed by atoms with Crippen molar-refractivity contribution < 1.29 is 5.11 Å². The highest BCUT2D eigenvalue weighted by molar-refractivity contribution is 7.09. The predicted molar refractivity (Wildman–Crippen MR) is 71.3 cm³/mol. The fraction of sp³-hybridized carbons (Fsp3) is 0.769. The molecule has 96 valence electrons. The van der Waals surface area contributed by atoms with E-state index in [0.29, 0.717) is 6.04 Å². The van der Waals surface area contributed by atoms with Gasteiger partial charge in [0.25, 0.3) is 0 Å². The normalized spacial score (nSPS) is 29.4. The van der Waals surface area contributed by atoms with Crippen molar-refractivity contribution in [1.82, 2.24) is 10.3 Å². The zero-order valence-electron chi connectivity index (χ0n) is 10.5. The average molecular weight is 254 g/mol. The Morgan fingerprint density at radius 2 is 2.29 bits per heavy atom. The molecule has 17 heavy (non-hydrogen) atoms. The van der Waals surface area contributed by atoms with Crippen molar-refractivity contribution in [2.75, 3.05) is 6.54 Å². The molecule has 4 heteroatoms. The predicted octanol–water partition coefficient (Wildman–Crippen LogP) is 2.36. The van der Waals surface area contributed by atoms with E-state index < -0.39 is 5.60 Å². The summed E-state index contributed by atoms with van der Waals surface area (Å²) in [7, 11) is 0. The fourth-order valence-corrected chi connectivity index (χ4v) is 3.26. The zero-order chi connectivity index (χ0) is 12.1. The number of aliphatic hydroxyl groups is 1. The fourth-order valence-electron chi connectivity index (χ4n) is 2.51. The molecule has 1 heterocycles. The molecule has 0 unspecified atom stereocenters. The number of hydrogen-bond acceptors (Lipinski definition) is 4. The highest BCUT2D eigenvalue weighted by atomic mass is 32.1. The number of rotatable bonds is 5. The van der Waals surface area contributed by atoms with Gasteiger partial charge in [0.1, 0.15) is 0 Å². The SMILES string of the molecule is CCCNC1CCC(O)(Cc2nccs2)CC1. The van der Waals surface area contributed by atoms with Crippen LogP contribution < -0.4 is 5.32 Å². The summed E-state index contributed by atoms with van der Waals surface area (Å²) in [5, 5.41) is 17.1. The molecule has 1 aliphatic rings. The van der Waals surface area contributed by atoms with E-state index in [1.807, 2.05) is 11.6 Å². The van der Waals surface area contributed by atoms with Crippen molar-refractivity contribution >= 4 is 11.3 Å². The molecule has 3 nitrogen and oxygen atoms in total. The van der Waals surface area contributed by atoms with Gasteiger partial charge in [-0.1, -0.05) is 6.92 Å². The highest BCUT2D eigenvalue weighted by Crippen LogP contribution is 2.31. The molecule has 1 saturated carbocycles. The molecule has 1 aliphatic carbocycles. The second-order valence-electron chi connectivity index (χ2n) is 5.06. The number of nitrogens with zero attached hydrogens (tertiary/aromatic N) is 1. The number of aromatic nitrogens is 1. The zero-order valence-corrected chi connectivity index (χ0v) is 11.3. The number of nitrogens with one attached hydrogen (secondary N) is 1. The minimum Gasteiger partial charge on any atom is -0.389 e. The maximum Gasteiger partial charge on any atom is 0.0953 e. The van der Waals surface area contributed by atoms with Crippen LogP contribution in [0.25, 0.3) is 0 Å². The van der Waals surface area contributed by atoms with Gasteiger partial charge in [0.2, 0.25) is 0 Å². The lowest BCUT2D eigenvalue weighted by atomic mass is 9.80. The molecule has 2 rings (SSSR count). The van der Waals surface area contributed by atoms with E-state index in [9.17, 15) is 5.11 Å². The second kappa shape index (κ2) is 5.94. The van der Waals surface area contributed by atoms with E-state index in [4.69, 9.17) is 0 Å². The molecule has 0 bridgehead atoms. The Bertz CT molecular complexity index is 318. The van der Waals surface area contributed by atoms with Crippen molar-refractivity contribution in [3.05, 3.63) is 16.6 Å². The van der Waals surface area contributed by atoms with Gasteiger partial charge < -0.3 is 10.4 Å². The van der Waals surface area contributed by atoms with E-state index in [-0.39, 0.29) is 0 Å². The lowest BCUT2D eigenvalue weighted by molar-refractivity contribution is -0.00309. The van der Waals surface area contributed by atoms with Crippen molar-refractivity contribution in [3.8, 4) is 0 Å². The minimum absolute atomic E-state index is 0.512. The smallest absolute Gasteiger partial charge is 0.0953 e. The van der Waals surface area contributed by atoms with Gasteiger partial charge in [-0.15, -0.1) is 11.3 Å². The molecular formula is C13H22N2OS. The van der Waals surface area contributed by atoms with E-state index in [1.165, 1.54) is 6.42 Å². The van der Waals surface area contributed by atoms with Gasteiger partial charge >= 0.3 is 0 Å². The second-order valence-corrected chi connectivity index (χ2v) is 6.03. The van der Waals surface area contributed by atoms with Crippen LogP contribution in [0, 0.1) is 0 Å². The third-order valence-corrected chi connectivity index (χ3v) is 4.34. The topological polar surface area (TPSA) is 45.1 Å². The minimum atomic E-state index is -0.512. The summed E-state index contributed by atoms with van der Waals surface area (Å²) in [4.78, 5) is 4.27. The quantitative estimate of drug-likeness (QED) is 0.848. The first-order valence-electron chi connectivity index (χ1n) is 6.56. The van der Waals surface area contributed by atoms with Gasteiger partial charge in [-0.25, -0.2) is 4.98 Å². The molecule has 1 aromatic rings. The van der Waals surface area contributed by atoms with Crippen molar-refractivity contribution in [1.29, 1.82) is 0 Å². The molecular weight excluding hydrogens is 232 g/mol. The third kappa shape index (κ3) is 3.76. The van der Waals surface area contributed by atoms with Crippen LogP contribution in [0.4, 0.5) is 0 Å². The number of thiazole rings is 1. The monoisotopic (exact) mass is 254 g/mol. The summed E-state index contributed by atoms with van der Waals surface area (Å²) in [5.41, 5.74) is -0.512. The van der Waals surface area contributed by atoms with Crippen LogP contribution in [0.1, 0.15) is 44.0 Å². The maximum atomic E-state index is 10.5. The first-order valence-corrected chi connectivity index (χ1v) is 7.44. The molecule has 0 aromatic carbocycles. The summed E-state index contributed by atoms with van der Waals surface area (Å²) in [6.07, 6.45) is 7.69. The Kier molecular flexibility index (Phi) is 4.54. The Morgan fingerprint density at radius 1 is 1.53 bits per heavy atom. The molecule has 0 saturated heterocycles. The molecule has 1 fully saturated rings. The van der Waals surface area contributed by atoms with Crippen LogP contribution in [0.15, 0.2) is 11.6 Å². The van der Waals surface area contributed by atoms with Crippen LogP contribution in [0.3, 0.4) is 0 Å². The molecule has 0 radical (unpaired) electrons. The number of hydrogen-bond donors (Lipinski definition) is 2. The van der Waals surface area contributed by atoms with Crippen LogP contribution in [0.2, 0.25) is 0 Å². The molecule has 2 N–H and O–H groups in total. The Labute approximate surface area is 107 Å². The van der Waals surface area contributed by atoms with E-state index in [0.717, 1.165) is 43.7 Å². The van der Waals surface area contributed by atoms with Gasteiger partial charge in [0.05, 0.1) is 10.6 Å². The summed E-state index contributed by atoms with van der Waals surface area (Å²) < 4.78 is 0.